The molecule has 0 aliphatic heterocycles. The summed E-state index contributed by atoms with van der Waals surface area (Å²) in [6.07, 6.45) is -6.57. The molecule has 12 heteroatoms. The molecule has 4 nitrogen and oxygen atoms in total. The van der Waals surface area contributed by atoms with Gasteiger partial charge in [-0.3, -0.25) is 9.59 Å². The Labute approximate surface area is 194 Å². The second kappa shape index (κ2) is 9.41. The molecule has 3 rings (SSSR count). The number of nitrogens with one attached hydrogen (secondary N) is 2. The summed E-state index contributed by atoms with van der Waals surface area (Å²) in [5.41, 5.74) is 0.214. The Hall–Kier alpha value is -2.10. The van der Waals surface area contributed by atoms with E-state index in [1.807, 2.05) is 5.32 Å². The first kappa shape index (κ1) is 24.5. The lowest BCUT2D eigenvalue weighted by Crippen LogP contribution is -2.35. The third-order valence-corrected chi connectivity index (χ3v) is 5.98. The highest BCUT2D eigenvalue weighted by Crippen LogP contribution is 2.65. The van der Waals surface area contributed by atoms with Gasteiger partial charge in [-0.05, 0) is 42.0 Å². The third kappa shape index (κ3) is 5.27. The standard InChI is InChI=1S/C20H14Cl3F5N2O2/c21-10-3-8(4-11(24)6-10)14-15(20(14,22)23)18(31)30-12-1-2-13(25)9(5-12)7-29-19(32)16(26)17(27)28/h1-6,14-17H,7H2,(H,29,32)(H,30,31). The second-order valence-corrected chi connectivity index (χ2v) is 8.96. The number of amides is 2. The maximum atomic E-state index is 14.0. The highest BCUT2D eigenvalue weighted by molar-refractivity contribution is 6.53. The van der Waals surface area contributed by atoms with Gasteiger partial charge in [0.05, 0.1) is 5.92 Å². The van der Waals surface area contributed by atoms with Gasteiger partial charge in [0.25, 0.3) is 12.3 Å². The Balaban J connectivity index is 1.70. The van der Waals surface area contributed by atoms with E-state index in [-0.39, 0.29) is 16.3 Å². The van der Waals surface area contributed by atoms with Crippen LogP contribution in [-0.2, 0) is 16.1 Å². The zero-order valence-corrected chi connectivity index (χ0v) is 18.1. The normalized spacial score (nSPS) is 20.0. The number of anilines is 1. The zero-order valence-electron chi connectivity index (χ0n) is 15.8. The number of alkyl halides is 5. The van der Waals surface area contributed by atoms with E-state index in [2.05, 4.69) is 5.32 Å². The minimum absolute atomic E-state index is 0.0818. The summed E-state index contributed by atoms with van der Waals surface area (Å²) in [6.45, 7) is -0.593. The number of carbonyl (C=O) groups excluding carboxylic acids is 2. The number of carbonyl (C=O) groups is 2. The number of rotatable bonds is 7. The molecule has 0 spiro atoms. The van der Waals surface area contributed by atoms with Gasteiger partial charge in [-0.1, -0.05) is 11.6 Å². The Morgan fingerprint density at radius 1 is 1.06 bits per heavy atom. The molecule has 1 aliphatic carbocycles. The van der Waals surface area contributed by atoms with Gasteiger partial charge in [0.2, 0.25) is 12.1 Å². The highest BCUT2D eigenvalue weighted by Gasteiger charge is 2.67. The lowest BCUT2D eigenvalue weighted by molar-refractivity contribution is -0.131. The number of hydrogen-bond acceptors (Lipinski definition) is 2. The molecule has 172 valence electrons. The van der Waals surface area contributed by atoms with Gasteiger partial charge in [0.15, 0.2) is 0 Å². The van der Waals surface area contributed by atoms with Crippen molar-refractivity contribution in [1.29, 1.82) is 0 Å². The number of halogens is 8. The maximum absolute atomic E-state index is 14.0. The van der Waals surface area contributed by atoms with E-state index in [9.17, 15) is 31.5 Å². The molecule has 1 aliphatic rings. The largest absolute Gasteiger partial charge is 0.349 e. The van der Waals surface area contributed by atoms with Crippen LogP contribution in [0, 0.1) is 17.6 Å². The lowest BCUT2D eigenvalue weighted by atomic mass is 10.1. The van der Waals surface area contributed by atoms with Crippen LogP contribution in [0.3, 0.4) is 0 Å². The van der Waals surface area contributed by atoms with Crippen LogP contribution >= 0.6 is 34.8 Å². The Morgan fingerprint density at radius 3 is 2.38 bits per heavy atom. The van der Waals surface area contributed by atoms with Crippen molar-refractivity contribution in [2.45, 2.75) is 29.4 Å². The fourth-order valence-corrected chi connectivity index (χ4v) is 4.28. The lowest BCUT2D eigenvalue weighted by Gasteiger charge is -2.11. The van der Waals surface area contributed by atoms with Gasteiger partial charge in [0.1, 0.15) is 16.0 Å². The van der Waals surface area contributed by atoms with Crippen LogP contribution in [0.1, 0.15) is 17.0 Å². The minimum Gasteiger partial charge on any atom is -0.349 e. The van der Waals surface area contributed by atoms with Gasteiger partial charge >= 0.3 is 0 Å². The molecule has 0 radical (unpaired) electrons. The average Bonchev–Trinajstić information content (AvgIpc) is 3.28. The Kier molecular flexibility index (Phi) is 7.21. The topological polar surface area (TPSA) is 58.2 Å². The molecule has 1 fully saturated rings. The monoisotopic (exact) mass is 514 g/mol. The molecular weight excluding hydrogens is 502 g/mol. The average molecular weight is 516 g/mol. The smallest absolute Gasteiger partial charge is 0.278 e. The highest BCUT2D eigenvalue weighted by atomic mass is 35.5. The molecule has 0 aromatic heterocycles. The zero-order chi connectivity index (χ0) is 23.8. The van der Waals surface area contributed by atoms with E-state index in [1.165, 1.54) is 12.1 Å². The first-order valence-electron chi connectivity index (χ1n) is 9.05. The van der Waals surface area contributed by atoms with Crippen molar-refractivity contribution in [3.05, 3.63) is 64.2 Å². The van der Waals surface area contributed by atoms with Crippen LogP contribution in [0.15, 0.2) is 36.4 Å². The van der Waals surface area contributed by atoms with E-state index in [0.29, 0.717) is 5.56 Å². The second-order valence-electron chi connectivity index (χ2n) is 7.08. The molecule has 2 amide bonds. The summed E-state index contributed by atoms with van der Waals surface area (Å²) in [4.78, 5) is 24.0. The van der Waals surface area contributed by atoms with E-state index in [4.69, 9.17) is 34.8 Å². The van der Waals surface area contributed by atoms with E-state index in [0.717, 1.165) is 24.3 Å². The summed E-state index contributed by atoms with van der Waals surface area (Å²) < 4.78 is 63.5. The summed E-state index contributed by atoms with van der Waals surface area (Å²) in [5, 5.41) is 4.43. The fraction of sp³-hybridized carbons (Fsp3) is 0.300. The first-order chi connectivity index (χ1) is 14.9. The SMILES string of the molecule is O=C(NCc1cc(NC(=O)C2C(c3cc(F)cc(Cl)c3)C2(Cl)Cl)ccc1F)C(F)C(F)F. The summed E-state index contributed by atoms with van der Waals surface area (Å²) >= 11 is 18.2. The van der Waals surface area contributed by atoms with Crippen LogP contribution in [0.2, 0.25) is 5.02 Å². The summed E-state index contributed by atoms with van der Waals surface area (Å²) in [5.74, 6) is -5.43. The predicted octanol–water partition coefficient (Wildman–Crippen LogP) is 5.36. The van der Waals surface area contributed by atoms with Gasteiger partial charge in [-0.2, -0.15) is 0 Å². The van der Waals surface area contributed by atoms with Crippen LogP contribution < -0.4 is 10.6 Å². The first-order valence-corrected chi connectivity index (χ1v) is 10.2. The van der Waals surface area contributed by atoms with Crippen molar-refractivity contribution < 1.29 is 31.5 Å². The van der Waals surface area contributed by atoms with Crippen molar-refractivity contribution in [3.63, 3.8) is 0 Å². The van der Waals surface area contributed by atoms with Crippen LogP contribution in [0.25, 0.3) is 0 Å². The predicted molar refractivity (Wildman–Crippen MR) is 110 cm³/mol. The van der Waals surface area contributed by atoms with Gasteiger partial charge in [-0.15, -0.1) is 23.2 Å². The van der Waals surface area contributed by atoms with Gasteiger partial charge < -0.3 is 10.6 Å². The molecule has 32 heavy (non-hydrogen) atoms. The molecular formula is C20H14Cl3F5N2O2. The molecule has 0 saturated heterocycles. The Morgan fingerprint density at radius 2 is 1.75 bits per heavy atom. The van der Waals surface area contributed by atoms with Crippen LogP contribution in [0.4, 0.5) is 27.6 Å². The van der Waals surface area contributed by atoms with Crippen molar-refractivity contribution in [2.24, 2.45) is 5.92 Å². The molecule has 3 atom stereocenters. The molecule has 0 bridgehead atoms. The van der Waals surface area contributed by atoms with Crippen molar-refractivity contribution >= 4 is 52.3 Å². The third-order valence-electron chi connectivity index (χ3n) is 4.82. The number of hydrogen-bond donors (Lipinski definition) is 2. The fourth-order valence-electron chi connectivity index (χ4n) is 3.22. The molecule has 2 aromatic carbocycles. The van der Waals surface area contributed by atoms with Gasteiger partial charge in [-0.25, -0.2) is 22.0 Å². The van der Waals surface area contributed by atoms with Gasteiger partial charge in [0, 0.05) is 28.7 Å². The maximum Gasteiger partial charge on any atom is 0.278 e. The summed E-state index contributed by atoms with van der Waals surface area (Å²) in [7, 11) is 0. The van der Waals surface area contributed by atoms with Crippen LogP contribution in [0.5, 0.6) is 0 Å². The van der Waals surface area contributed by atoms with Crippen molar-refractivity contribution in [1.82, 2.24) is 5.32 Å². The Bertz CT molecular complexity index is 1030. The van der Waals surface area contributed by atoms with Crippen molar-refractivity contribution in [3.8, 4) is 0 Å². The number of benzene rings is 2. The molecule has 2 N–H and O–H groups in total. The molecule has 3 unspecified atom stereocenters. The molecule has 1 saturated carbocycles. The summed E-state index contributed by atoms with van der Waals surface area (Å²) in [6, 6.07) is 6.96. The van der Waals surface area contributed by atoms with Crippen molar-refractivity contribution in [2.75, 3.05) is 5.32 Å². The van der Waals surface area contributed by atoms with Crippen LogP contribution in [-0.4, -0.2) is 28.7 Å². The molecule has 2 aromatic rings. The van der Waals surface area contributed by atoms with E-state index < -0.39 is 58.8 Å². The minimum atomic E-state index is -3.52. The van der Waals surface area contributed by atoms with E-state index in [1.54, 1.807) is 0 Å². The molecule has 0 heterocycles. The quantitative estimate of drug-likeness (QED) is 0.385. The van der Waals surface area contributed by atoms with E-state index >= 15 is 0 Å².